The van der Waals surface area contributed by atoms with Crippen LogP contribution in [0.2, 0.25) is 25.7 Å². The van der Waals surface area contributed by atoms with Crippen LogP contribution in [0, 0.1) is 0 Å². The van der Waals surface area contributed by atoms with E-state index in [0.29, 0.717) is 0 Å². The minimum Gasteiger partial charge on any atom is -0.0864 e. The lowest BCUT2D eigenvalue weighted by Gasteiger charge is -2.14. The van der Waals surface area contributed by atoms with E-state index in [-0.39, 0.29) is 0 Å². The van der Waals surface area contributed by atoms with Crippen LogP contribution in [-0.4, -0.2) is 12.5 Å². The SMILES string of the molecule is C[Si](C)(C)CCCCCI. The molecule has 2 heteroatoms. The van der Waals surface area contributed by atoms with Crippen molar-refractivity contribution in [3.05, 3.63) is 0 Å². The highest BCUT2D eigenvalue weighted by Crippen LogP contribution is 2.13. The van der Waals surface area contributed by atoms with Gasteiger partial charge in [-0.3, -0.25) is 0 Å². The molecule has 10 heavy (non-hydrogen) atoms. The molecule has 0 bridgehead atoms. The first-order valence-electron chi connectivity index (χ1n) is 4.12. The fourth-order valence-electron chi connectivity index (χ4n) is 0.927. The Morgan fingerprint density at radius 2 is 1.60 bits per heavy atom. The molecule has 0 rings (SSSR count). The average Bonchev–Trinajstić information content (AvgIpc) is 1.78. The molecule has 0 unspecified atom stereocenters. The largest absolute Gasteiger partial charge is 0.0864 e. The highest BCUT2D eigenvalue weighted by Gasteiger charge is 2.10. The quantitative estimate of drug-likeness (QED) is 0.307. The minimum absolute atomic E-state index is 0.710. The van der Waals surface area contributed by atoms with Crippen molar-refractivity contribution < 1.29 is 0 Å². The maximum Gasteiger partial charge on any atom is 0.0442 e. The fraction of sp³-hybridized carbons (Fsp3) is 1.00. The van der Waals surface area contributed by atoms with Gasteiger partial charge < -0.3 is 0 Å². The van der Waals surface area contributed by atoms with Gasteiger partial charge in [-0.25, -0.2) is 0 Å². The number of hydrogen-bond acceptors (Lipinski definition) is 0. The number of rotatable bonds is 5. The van der Waals surface area contributed by atoms with E-state index in [0.717, 1.165) is 0 Å². The van der Waals surface area contributed by atoms with Crippen LogP contribution in [0.25, 0.3) is 0 Å². The van der Waals surface area contributed by atoms with E-state index in [9.17, 15) is 0 Å². The molecule has 0 spiro atoms. The summed E-state index contributed by atoms with van der Waals surface area (Å²) in [4.78, 5) is 0. The van der Waals surface area contributed by atoms with E-state index in [1.165, 1.54) is 29.7 Å². The summed E-state index contributed by atoms with van der Waals surface area (Å²) >= 11 is 2.46. The molecule has 0 fully saturated rings. The molecule has 0 aromatic heterocycles. The molecular formula is C8H19ISi. The van der Waals surface area contributed by atoms with Gasteiger partial charge in [-0.1, -0.05) is 61.1 Å². The van der Waals surface area contributed by atoms with Crippen LogP contribution in [0.15, 0.2) is 0 Å². The Bertz CT molecular complexity index is 75.8. The smallest absolute Gasteiger partial charge is 0.0442 e. The lowest BCUT2D eigenvalue weighted by Crippen LogP contribution is -2.18. The van der Waals surface area contributed by atoms with Crippen LogP contribution in [0.5, 0.6) is 0 Å². The summed E-state index contributed by atoms with van der Waals surface area (Å²) in [5.41, 5.74) is 0. The molecule has 0 nitrogen and oxygen atoms in total. The first kappa shape index (κ1) is 10.9. The maximum atomic E-state index is 2.46. The predicted molar refractivity (Wildman–Crippen MR) is 60.9 cm³/mol. The van der Waals surface area contributed by atoms with Gasteiger partial charge in [0.25, 0.3) is 0 Å². The lowest BCUT2D eigenvalue weighted by atomic mass is 10.3. The maximum absolute atomic E-state index is 2.46. The molecule has 0 atom stereocenters. The first-order chi connectivity index (χ1) is 4.56. The molecule has 0 aliphatic heterocycles. The Balaban J connectivity index is 3.04. The van der Waals surface area contributed by atoms with Crippen molar-refractivity contribution in [1.82, 2.24) is 0 Å². The third-order valence-electron chi connectivity index (χ3n) is 1.56. The Hall–Kier alpha value is 0.947. The molecule has 0 radical (unpaired) electrons. The van der Waals surface area contributed by atoms with Crippen LogP contribution in [0.3, 0.4) is 0 Å². The molecule has 0 aliphatic rings. The number of hydrogen-bond donors (Lipinski definition) is 0. The van der Waals surface area contributed by atoms with E-state index in [4.69, 9.17) is 0 Å². The van der Waals surface area contributed by atoms with Crippen LogP contribution in [0.1, 0.15) is 19.3 Å². The topological polar surface area (TPSA) is 0 Å². The molecular weight excluding hydrogens is 251 g/mol. The Morgan fingerprint density at radius 1 is 1.00 bits per heavy atom. The molecule has 0 aromatic carbocycles. The fourth-order valence-corrected chi connectivity index (χ4v) is 2.78. The molecule has 0 N–H and O–H groups in total. The molecule has 0 heterocycles. The predicted octanol–water partition coefficient (Wildman–Crippen LogP) is 3.93. The first-order valence-corrected chi connectivity index (χ1v) is 9.35. The van der Waals surface area contributed by atoms with E-state index in [1.54, 1.807) is 0 Å². The summed E-state index contributed by atoms with van der Waals surface area (Å²) in [6.45, 7) is 7.37. The van der Waals surface area contributed by atoms with Crippen LogP contribution >= 0.6 is 22.6 Å². The van der Waals surface area contributed by atoms with Gasteiger partial charge in [0.05, 0.1) is 0 Å². The van der Waals surface area contributed by atoms with Gasteiger partial charge in [0, 0.05) is 8.07 Å². The molecule has 0 saturated heterocycles. The second-order valence-corrected chi connectivity index (χ2v) is 10.8. The number of halogens is 1. The van der Waals surface area contributed by atoms with Crippen LogP contribution < -0.4 is 0 Å². The molecule has 0 aromatic rings. The zero-order chi connectivity index (χ0) is 8.04. The molecule has 0 amide bonds. The minimum atomic E-state index is -0.710. The van der Waals surface area contributed by atoms with Crippen molar-refractivity contribution in [2.24, 2.45) is 0 Å². The second kappa shape index (κ2) is 5.58. The van der Waals surface area contributed by atoms with Gasteiger partial charge in [0.1, 0.15) is 0 Å². The van der Waals surface area contributed by atoms with Gasteiger partial charge in [0.15, 0.2) is 0 Å². The molecule has 0 aliphatic carbocycles. The van der Waals surface area contributed by atoms with E-state index in [2.05, 4.69) is 42.2 Å². The van der Waals surface area contributed by atoms with Gasteiger partial charge in [0.2, 0.25) is 0 Å². The summed E-state index contributed by atoms with van der Waals surface area (Å²) in [6.07, 6.45) is 4.34. The highest BCUT2D eigenvalue weighted by molar-refractivity contribution is 14.1. The van der Waals surface area contributed by atoms with Gasteiger partial charge >= 0.3 is 0 Å². The van der Waals surface area contributed by atoms with Gasteiger partial charge in [-0.2, -0.15) is 0 Å². The van der Waals surface area contributed by atoms with Crippen molar-refractivity contribution in [3.63, 3.8) is 0 Å². The van der Waals surface area contributed by atoms with E-state index < -0.39 is 8.07 Å². The normalized spacial score (nSPS) is 12.0. The Labute approximate surface area is 79.9 Å². The standard InChI is InChI=1S/C8H19ISi/c1-10(2,3)8-6-4-5-7-9/h4-8H2,1-3H3. The lowest BCUT2D eigenvalue weighted by molar-refractivity contribution is 0.775. The number of alkyl halides is 1. The van der Waals surface area contributed by atoms with Crippen LogP contribution in [0.4, 0.5) is 0 Å². The monoisotopic (exact) mass is 270 g/mol. The summed E-state index contributed by atoms with van der Waals surface area (Å²) in [7, 11) is -0.710. The third-order valence-corrected chi connectivity index (χ3v) is 4.18. The van der Waals surface area contributed by atoms with Crippen molar-refractivity contribution in [1.29, 1.82) is 0 Å². The van der Waals surface area contributed by atoms with Crippen molar-refractivity contribution in [3.8, 4) is 0 Å². The summed E-state index contributed by atoms with van der Waals surface area (Å²) in [5, 5.41) is 0. The van der Waals surface area contributed by atoms with Crippen molar-refractivity contribution >= 4 is 30.7 Å². The highest BCUT2D eigenvalue weighted by atomic mass is 127. The Kier molecular flexibility index (Phi) is 6.11. The average molecular weight is 270 g/mol. The molecule has 0 saturated carbocycles. The zero-order valence-electron chi connectivity index (χ0n) is 7.41. The summed E-state index contributed by atoms with van der Waals surface area (Å²) in [6, 6.07) is 1.52. The van der Waals surface area contributed by atoms with Crippen molar-refractivity contribution in [2.75, 3.05) is 4.43 Å². The number of unbranched alkanes of at least 4 members (excludes halogenated alkanes) is 2. The van der Waals surface area contributed by atoms with Crippen molar-refractivity contribution in [2.45, 2.75) is 44.9 Å². The Morgan fingerprint density at radius 3 is 2.00 bits per heavy atom. The molecule has 62 valence electrons. The van der Waals surface area contributed by atoms with Gasteiger partial charge in [-0.15, -0.1) is 0 Å². The van der Waals surface area contributed by atoms with E-state index >= 15 is 0 Å². The summed E-state index contributed by atoms with van der Waals surface area (Å²) in [5.74, 6) is 0. The van der Waals surface area contributed by atoms with Crippen LogP contribution in [-0.2, 0) is 0 Å². The summed E-state index contributed by atoms with van der Waals surface area (Å²) < 4.78 is 1.34. The van der Waals surface area contributed by atoms with Gasteiger partial charge in [-0.05, 0) is 10.8 Å². The third kappa shape index (κ3) is 8.95. The zero-order valence-corrected chi connectivity index (χ0v) is 10.6. The van der Waals surface area contributed by atoms with E-state index in [1.807, 2.05) is 0 Å². The second-order valence-electron chi connectivity index (χ2n) is 4.06.